The lowest BCUT2D eigenvalue weighted by molar-refractivity contribution is -0.305. The predicted octanol–water partition coefficient (Wildman–Crippen LogP) is 1.02. The Labute approximate surface area is 110 Å². The van der Waals surface area contributed by atoms with E-state index in [9.17, 15) is 19.1 Å². The summed E-state index contributed by atoms with van der Waals surface area (Å²) in [6.07, 6.45) is 1.08. The van der Waals surface area contributed by atoms with Crippen LogP contribution in [0.3, 0.4) is 0 Å². The Morgan fingerprint density at radius 1 is 1.42 bits per heavy atom. The first-order valence-corrected chi connectivity index (χ1v) is 6.29. The van der Waals surface area contributed by atoms with Gasteiger partial charge in [-0.05, 0) is 49.9 Å². The summed E-state index contributed by atoms with van der Waals surface area (Å²) in [7, 11) is 0. The van der Waals surface area contributed by atoms with Crippen LogP contribution in [0.4, 0.5) is 10.1 Å². The molecule has 0 radical (unpaired) electrons. The molecule has 0 fully saturated rings. The van der Waals surface area contributed by atoms with Gasteiger partial charge in [0.25, 0.3) is 0 Å². The molecule has 5 heteroatoms. The van der Waals surface area contributed by atoms with Crippen molar-refractivity contribution in [1.29, 1.82) is 0 Å². The molecule has 1 unspecified atom stereocenters. The lowest BCUT2D eigenvalue weighted by Gasteiger charge is -2.35. The smallest absolute Gasteiger partial charge is 0.227 e. The topological polar surface area (TPSA) is 60.4 Å². The van der Waals surface area contributed by atoms with Crippen molar-refractivity contribution in [1.82, 2.24) is 0 Å². The fourth-order valence-electron chi connectivity index (χ4n) is 2.43. The molecule has 0 aromatic heterocycles. The van der Waals surface area contributed by atoms with Crippen LogP contribution in [-0.4, -0.2) is 17.9 Å². The summed E-state index contributed by atoms with van der Waals surface area (Å²) in [4.78, 5) is 24.1. The van der Waals surface area contributed by atoms with Crippen LogP contribution in [0.2, 0.25) is 0 Å². The second-order valence-corrected chi connectivity index (χ2v) is 4.80. The van der Waals surface area contributed by atoms with Crippen LogP contribution >= 0.6 is 0 Å². The maximum Gasteiger partial charge on any atom is 0.227 e. The van der Waals surface area contributed by atoms with Gasteiger partial charge in [-0.2, -0.15) is 0 Å². The van der Waals surface area contributed by atoms with E-state index in [2.05, 4.69) is 0 Å². The fourth-order valence-corrected chi connectivity index (χ4v) is 2.43. The maximum absolute atomic E-state index is 13.2. The largest absolute Gasteiger partial charge is 0.550 e. The highest BCUT2D eigenvalue weighted by molar-refractivity contribution is 5.96. The van der Waals surface area contributed by atoms with Gasteiger partial charge in [-0.15, -0.1) is 0 Å². The van der Waals surface area contributed by atoms with Gasteiger partial charge in [-0.25, -0.2) is 4.39 Å². The van der Waals surface area contributed by atoms with Gasteiger partial charge in [0, 0.05) is 24.1 Å². The normalized spacial score (nSPS) is 18.0. The first kappa shape index (κ1) is 13.5. The number of carboxylic acids is 1. The number of hydrogen-bond acceptors (Lipinski definition) is 3. The summed E-state index contributed by atoms with van der Waals surface area (Å²) in [5.74, 6) is -1.82. The number of aliphatic carboxylic acids is 1. The number of anilines is 1. The number of aryl methyl sites for hydroxylation is 1. The van der Waals surface area contributed by atoms with E-state index in [-0.39, 0.29) is 30.6 Å². The van der Waals surface area contributed by atoms with Crippen LogP contribution < -0.4 is 10.0 Å². The number of amides is 1. The molecule has 19 heavy (non-hydrogen) atoms. The third-order valence-corrected chi connectivity index (χ3v) is 3.38. The van der Waals surface area contributed by atoms with Crippen LogP contribution in [0.5, 0.6) is 0 Å². The zero-order valence-electron chi connectivity index (χ0n) is 10.7. The van der Waals surface area contributed by atoms with Crippen molar-refractivity contribution in [2.24, 2.45) is 0 Å². The molecule has 2 rings (SSSR count). The second kappa shape index (κ2) is 5.38. The van der Waals surface area contributed by atoms with Crippen molar-refractivity contribution < 1.29 is 19.1 Å². The SMILES string of the molecule is CC1CCc2cc(F)ccc2N1C(=O)CCC(=O)[O-]. The molecule has 0 aliphatic carbocycles. The average Bonchev–Trinajstić information content (AvgIpc) is 2.36. The molecule has 0 saturated heterocycles. The van der Waals surface area contributed by atoms with Crippen molar-refractivity contribution in [3.63, 3.8) is 0 Å². The number of carboxylic acid groups (broad SMARTS) is 1. The number of hydrogen-bond donors (Lipinski definition) is 0. The van der Waals surface area contributed by atoms with E-state index in [4.69, 9.17) is 0 Å². The van der Waals surface area contributed by atoms with Gasteiger partial charge in [0.1, 0.15) is 5.82 Å². The highest BCUT2D eigenvalue weighted by Crippen LogP contribution is 2.31. The lowest BCUT2D eigenvalue weighted by atomic mass is 9.96. The molecule has 1 aromatic carbocycles. The van der Waals surface area contributed by atoms with E-state index < -0.39 is 5.97 Å². The van der Waals surface area contributed by atoms with Gasteiger partial charge in [0.2, 0.25) is 5.91 Å². The van der Waals surface area contributed by atoms with Crippen molar-refractivity contribution in [2.45, 2.75) is 38.6 Å². The van der Waals surface area contributed by atoms with E-state index in [0.717, 1.165) is 18.4 Å². The first-order chi connectivity index (χ1) is 8.99. The molecule has 1 aliphatic heterocycles. The fraction of sp³-hybridized carbons (Fsp3) is 0.429. The first-order valence-electron chi connectivity index (χ1n) is 6.29. The summed E-state index contributed by atoms with van der Waals surface area (Å²) >= 11 is 0. The Kier molecular flexibility index (Phi) is 3.83. The van der Waals surface area contributed by atoms with Gasteiger partial charge in [-0.3, -0.25) is 4.79 Å². The number of nitrogens with zero attached hydrogens (tertiary/aromatic N) is 1. The molecular weight excluding hydrogens is 249 g/mol. The van der Waals surface area contributed by atoms with Crippen molar-refractivity contribution in [3.05, 3.63) is 29.6 Å². The van der Waals surface area contributed by atoms with Gasteiger partial charge >= 0.3 is 0 Å². The second-order valence-electron chi connectivity index (χ2n) is 4.80. The minimum Gasteiger partial charge on any atom is -0.550 e. The van der Waals surface area contributed by atoms with Crippen LogP contribution in [0.15, 0.2) is 18.2 Å². The Morgan fingerprint density at radius 2 is 2.16 bits per heavy atom. The van der Waals surface area contributed by atoms with E-state index in [0.29, 0.717) is 5.69 Å². The van der Waals surface area contributed by atoms with E-state index in [1.54, 1.807) is 11.0 Å². The van der Waals surface area contributed by atoms with Gasteiger partial charge in [0.05, 0.1) is 0 Å². The molecule has 1 heterocycles. The average molecular weight is 264 g/mol. The molecule has 102 valence electrons. The molecular formula is C14H15FNO3-. The third-order valence-electron chi connectivity index (χ3n) is 3.38. The van der Waals surface area contributed by atoms with Crippen molar-refractivity contribution >= 4 is 17.6 Å². The van der Waals surface area contributed by atoms with Crippen molar-refractivity contribution in [3.8, 4) is 0 Å². The van der Waals surface area contributed by atoms with Crippen molar-refractivity contribution in [2.75, 3.05) is 4.90 Å². The Bertz CT molecular complexity index is 515. The maximum atomic E-state index is 13.2. The molecule has 1 atom stereocenters. The number of halogens is 1. The highest BCUT2D eigenvalue weighted by atomic mass is 19.1. The summed E-state index contributed by atoms with van der Waals surface area (Å²) in [5.41, 5.74) is 1.48. The van der Waals surface area contributed by atoms with Crippen LogP contribution in [0, 0.1) is 5.82 Å². The molecule has 0 N–H and O–H groups in total. The summed E-state index contributed by atoms with van der Waals surface area (Å²) in [5, 5.41) is 10.4. The molecule has 4 nitrogen and oxygen atoms in total. The zero-order valence-corrected chi connectivity index (χ0v) is 10.7. The number of carbonyl (C=O) groups excluding carboxylic acids is 2. The van der Waals surface area contributed by atoms with Crippen LogP contribution in [0.25, 0.3) is 0 Å². The number of carbonyl (C=O) groups is 2. The molecule has 0 bridgehead atoms. The van der Waals surface area contributed by atoms with Gasteiger partial charge in [-0.1, -0.05) is 0 Å². The zero-order chi connectivity index (χ0) is 14.0. The predicted molar refractivity (Wildman–Crippen MR) is 65.9 cm³/mol. The molecule has 1 aromatic rings. The van der Waals surface area contributed by atoms with E-state index >= 15 is 0 Å². The number of benzene rings is 1. The van der Waals surface area contributed by atoms with Gasteiger partial charge in [0.15, 0.2) is 0 Å². The Morgan fingerprint density at radius 3 is 2.84 bits per heavy atom. The Hall–Kier alpha value is -1.91. The van der Waals surface area contributed by atoms with E-state index in [1.807, 2.05) is 6.92 Å². The summed E-state index contributed by atoms with van der Waals surface area (Å²) < 4.78 is 13.2. The minimum atomic E-state index is -1.24. The summed E-state index contributed by atoms with van der Waals surface area (Å²) in [6, 6.07) is 4.32. The molecule has 0 saturated carbocycles. The summed E-state index contributed by atoms with van der Waals surface area (Å²) in [6.45, 7) is 1.91. The quantitative estimate of drug-likeness (QED) is 0.819. The Balaban J connectivity index is 2.25. The van der Waals surface area contributed by atoms with Crippen LogP contribution in [0.1, 0.15) is 31.7 Å². The monoisotopic (exact) mass is 264 g/mol. The number of fused-ring (bicyclic) bond motifs is 1. The molecule has 1 amide bonds. The standard InChI is InChI=1S/C14H16FNO3/c1-9-2-3-10-8-11(15)4-5-12(10)16(9)13(17)6-7-14(18)19/h4-5,8-9H,2-3,6-7H2,1H3,(H,18,19)/p-1. The van der Waals surface area contributed by atoms with E-state index in [1.165, 1.54) is 12.1 Å². The molecule has 0 spiro atoms. The van der Waals surface area contributed by atoms with Gasteiger partial charge < -0.3 is 14.8 Å². The highest BCUT2D eigenvalue weighted by Gasteiger charge is 2.27. The minimum absolute atomic E-state index is 0.00721. The molecule has 1 aliphatic rings. The number of rotatable bonds is 3. The van der Waals surface area contributed by atoms with Crippen LogP contribution in [-0.2, 0) is 16.0 Å². The lowest BCUT2D eigenvalue weighted by Crippen LogP contribution is -2.42. The third kappa shape index (κ3) is 2.92.